The van der Waals surface area contributed by atoms with Crippen LogP contribution in [-0.2, 0) is 4.79 Å². The standard InChI is InChI=1S/C18H24N4O2/c1-12-11-16(23)21-22-17(12)13-7-9-15(10-8-13)20-18(24)19-14-5-3-2-4-6-14/h7-10,12,14H,2-6,11H2,1H3,(H,21,23)(H2,19,20,24). The van der Waals surface area contributed by atoms with Crippen molar-refractivity contribution >= 4 is 23.3 Å². The Balaban J connectivity index is 1.58. The molecule has 6 nitrogen and oxygen atoms in total. The van der Waals surface area contributed by atoms with E-state index in [0.29, 0.717) is 12.5 Å². The molecular formula is C18H24N4O2. The molecule has 3 N–H and O–H groups in total. The fraction of sp³-hybridized carbons (Fsp3) is 0.500. The summed E-state index contributed by atoms with van der Waals surface area (Å²) in [6, 6.07) is 7.71. The molecule has 0 spiro atoms. The Kier molecular flexibility index (Phi) is 5.13. The van der Waals surface area contributed by atoms with E-state index in [1.807, 2.05) is 31.2 Å². The summed E-state index contributed by atoms with van der Waals surface area (Å²) in [4.78, 5) is 23.4. The van der Waals surface area contributed by atoms with E-state index in [0.717, 1.165) is 29.8 Å². The van der Waals surface area contributed by atoms with Crippen LogP contribution in [0.2, 0.25) is 0 Å². The Morgan fingerprint density at radius 3 is 2.54 bits per heavy atom. The average molecular weight is 328 g/mol. The molecule has 3 rings (SSSR count). The normalized spacial score (nSPS) is 21.6. The summed E-state index contributed by atoms with van der Waals surface area (Å²) < 4.78 is 0. The van der Waals surface area contributed by atoms with Crippen LogP contribution in [0.5, 0.6) is 0 Å². The summed E-state index contributed by atoms with van der Waals surface area (Å²) >= 11 is 0. The summed E-state index contributed by atoms with van der Waals surface area (Å²) in [5.41, 5.74) is 5.10. The number of hydrogen-bond donors (Lipinski definition) is 3. The van der Waals surface area contributed by atoms with E-state index in [9.17, 15) is 9.59 Å². The Morgan fingerprint density at radius 1 is 1.17 bits per heavy atom. The third-order valence-electron chi connectivity index (χ3n) is 4.64. The molecule has 6 heteroatoms. The molecule has 3 amide bonds. The smallest absolute Gasteiger partial charge is 0.319 e. The molecule has 128 valence electrons. The quantitative estimate of drug-likeness (QED) is 0.797. The van der Waals surface area contributed by atoms with Crippen LogP contribution in [0.1, 0.15) is 51.0 Å². The molecular weight excluding hydrogens is 304 g/mol. The van der Waals surface area contributed by atoms with Gasteiger partial charge in [-0.1, -0.05) is 38.3 Å². The van der Waals surface area contributed by atoms with Crippen molar-refractivity contribution in [3.05, 3.63) is 29.8 Å². The molecule has 1 aliphatic heterocycles. The van der Waals surface area contributed by atoms with Gasteiger partial charge < -0.3 is 10.6 Å². The zero-order valence-corrected chi connectivity index (χ0v) is 14.0. The molecule has 1 unspecified atom stereocenters. The maximum Gasteiger partial charge on any atom is 0.319 e. The molecule has 0 bridgehead atoms. The number of nitrogens with one attached hydrogen (secondary N) is 3. The largest absolute Gasteiger partial charge is 0.335 e. The van der Waals surface area contributed by atoms with Gasteiger partial charge in [0.25, 0.3) is 0 Å². The van der Waals surface area contributed by atoms with Gasteiger partial charge in [-0.25, -0.2) is 10.2 Å². The van der Waals surface area contributed by atoms with Crippen molar-refractivity contribution in [1.82, 2.24) is 10.7 Å². The van der Waals surface area contributed by atoms with Gasteiger partial charge in [0.1, 0.15) is 0 Å². The second-order valence-electron chi connectivity index (χ2n) is 6.65. The van der Waals surface area contributed by atoms with Gasteiger partial charge in [-0.15, -0.1) is 0 Å². The lowest BCUT2D eigenvalue weighted by atomic mass is 9.94. The first kappa shape index (κ1) is 16.5. The van der Waals surface area contributed by atoms with Gasteiger partial charge in [0.2, 0.25) is 5.91 Å². The van der Waals surface area contributed by atoms with Crippen LogP contribution >= 0.6 is 0 Å². The summed E-state index contributed by atoms with van der Waals surface area (Å²) in [5.74, 6) is 0.0380. The minimum absolute atomic E-state index is 0.0519. The van der Waals surface area contributed by atoms with Gasteiger partial charge >= 0.3 is 6.03 Å². The Labute approximate surface area is 142 Å². The zero-order valence-electron chi connectivity index (χ0n) is 14.0. The molecule has 1 aliphatic carbocycles. The predicted molar refractivity (Wildman–Crippen MR) is 93.9 cm³/mol. The number of hydrogen-bond acceptors (Lipinski definition) is 3. The molecule has 1 aromatic rings. The van der Waals surface area contributed by atoms with Gasteiger partial charge in [-0.05, 0) is 30.5 Å². The van der Waals surface area contributed by atoms with Gasteiger partial charge in [0.15, 0.2) is 0 Å². The molecule has 24 heavy (non-hydrogen) atoms. The van der Waals surface area contributed by atoms with E-state index in [2.05, 4.69) is 21.2 Å². The first-order chi connectivity index (χ1) is 11.6. The van der Waals surface area contributed by atoms with Crippen LogP contribution in [0.4, 0.5) is 10.5 Å². The highest BCUT2D eigenvalue weighted by atomic mass is 16.2. The average Bonchev–Trinajstić information content (AvgIpc) is 2.57. The fourth-order valence-electron chi connectivity index (χ4n) is 3.33. The van der Waals surface area contributed by atoms with Gasteiger partial charge in [0, 0.05) is 24.1 Å². The third-order valence-corrected chi connectivity index (χ3v) is 4.64. The number of rotatable bonds is 3. The molecule has 1 fully saturated rings. The molecule has 1 heterocycles. The maximum atomic E-state index is 12.1. The minimum atomic E-state index is -0.148. The predicted octanol–water partition coefficient (Wildman–Crippen LogP) is 3.00. The molecule has 0 saturated heterocycles. The first-order valence-corrected chi connectivity index (χ1v) is 8.66. The zero-order chi connectivity index (χ0) is 16.9. The number of hydrazone groups is 1. The second-order valence-corrected chi connectivity index (χ2v) is 6.65. The summed E-state index contributed by atoms with van der Waals surface area (Å²) in [6.07, 6.45) is 6.23. The van der Waals surface area contributed by atoms with Gasteiger partial charge in [-0.2, -0.15) is 5.10 Å². The molecule has 0 aromatic heterocycles. The number of urea groups is 1. The SMILES string of the molecule is CC1CC(=O)NN=C1c1ccc(NC(=O)NC2CCCCC2)cc1. The lowest BCUT2D eigenvalue weighted by Gasteiger charge is -2.23. The maximum absolute atomic E-state index is 12.1. The fourth-order valence-corrected chi connectivity index (χ4v) is 3.33. The van der Waals surface area contributed by atoms with Gasteiger partial charge in [0.05, 0.1) is 5.71 Å². The number of amides is 3. The minimum Gasteiger partial charge on any atom is -0.335 e. The summed E-state index contributed by atoms with van der Waals surface area (Å²) in [5, 5.41) is 10.1. The van der Waals surface area contributed by atoms with Crippen LogP contribution in [0.15, 0.2) is 29.4 Å². The Morgan fingerprint density at radius 2 is 1.88 bits per heavy atom. The van der Waals surface area contributed by atoms with Crippen LogP contribution < -0.4 is 16.1 Å². The van der Waals surface area contributed by atoms with Crippen molar-refractivity contribution in [2.75, 3.05) is 5.32 Å². The number of anilines is 1. The topological polar surface area (TPSA) is 82.6 Å². The summed E-state index contributed by atoms with van der Waals surface area (Å²) in [7, 11) is 0. The van der Waals surface area contributed by atoms with Crippen molar-refractivity contribution in [3.8, 4) is 0 Å². The van der Waals surface area contributed by atoms with E-state index >= 15 is 0 Å². The number of benzene rings is 1. The van der Waals surface area contributed by atoms with Gasteiger partial charge in [-0.3, -0.25) is 4.79 Å². The van der Waals surface area contributed by atoms with Crippen molar-refractivity contribution in [1.29, 1.82) is 0 Å². The summed E-state index contributed by atoms with van der Waals surface area (Å²) in [6.45, 7) is 1.99. The van der Waals surface area contributed by atoms with Crippen LogP contribution in [0.25, 0.3) is 0 Å². The Bertz CT molecular complexity index is 633. The highest BCUT2D eigenvalue weighted by Crippen LogP contribution is 2.19. The Hall–Kier alpha value is -2.37. The van der Waals surface area contributed by atoms with Crippen molar-refractivity contribution in [2.45, 2.75) is 51.5 Å². The third kappa shape index (κ3) is 4.13. The molecule has 1 atom stereocenters. The highest BCUT2D eigenvalue weighted by molar-refractivity contribution is 6.06. The lowest BCUT2D eigenvalue weighted by Crippen LogP contribution is -2.39. The van der Waals surface area contributed by atoms with E-state index < -0.39 is 0 Å². The molecule has 0 radical (unpaired) electrons. The molecule has 1 aromatic carbocycles. The van der Waals surface area contributed by atoms with E-state index in [-0.39, 0.29) is 17.9 Å². The van der Waals surface area contributed by atoms with E-state index in [4.69, 9.17) is 0 Å². The monoisotopic (exact) mass is 328 g/mol. The lowest BCUT2D eigenvalue weighted by molar-refractivity contribution is -0.121. The number of carbonyl (C=O) groups is 2. The molecule has 2 aliphatic rings. The second kappa shape index (κ2) is 7.47. The number of carbonyl (C=O) groups excluding carboxylic acids is 2. The van der Waals surface area contributed by atoms with Crippen LogP contribution in [0.3, 0.4) is 0 Å². The highest BCUT2D eigenvalue weighted by Gasteiger charge is 2.21. The number of nitrogens with zero attached hydrogens (tertiary/aromatic N) is 1. The van der Waals surface area contributed by atoms with Crippen molar-refractivity contribution in [2.24, 2.45) is 11.0 Å². The van der Waals surface area contributed by atoms with E-state index in [1.54, 1.807) is 0 Å². The van der Waals surface area contributed by atoms with Crippen LogP contribution in [0, 0.1) is 5.92 Å². The van der Waals surface area contributed by atoms with E-state index in [1.165, 1.54) is 19.3 Å². The first-order valence-electron chi connectivity index (χ1n) is 8.66. The van der Waals surface area contributed by atoms with Crippen molar-refractivity contribution in [3.63, 3.8) is 0 Å². The molecule has 1 saturated carbocycles. The van der Waals surface area contributed by atoms with Crippen LogP contribution in [-0.4, -0.2) is 23.7 Å². The van der Waals surface area contributed by atoms with Crippen molar-refractivity contribution < 1.29 is 9.59 Å².